The van der Waals surface area contributed by atoms with Gasteiger partial charge in [0.05, 0.1) is 0 Å². The Morgan fingerprint density at radius 3 is 2.40 bits per heavy atom. The molecule has 0 aromatic heterocycles. The zero-order valence-electron chi connectivity index (χ0n) is 16.5. The lowest BCUT2D eigenvalue weighted by Crippen LogP contribution is -2.37. The first-order valence-electron chi connectivity index (χ1n) is 10.0. The second kappa shape index (κ2) is 7.41. The average Bonchev–Trinajstić information content (AvgIpc) is 3.55. The van der Waals surface area contributed by atoms with Crippen molar-refractivity contribution in [2.75, 3.05) is 24.2 Å². The molecule has 0 unspecified atom stereocenters. The van der Waals surface area contributed by atoms with Crippen molar-refractivity contribution < 1.29 is 0 Å². The van der Waals surface area contributed by atoms with E-state index in [0.29, 0.717) is 27.5 Å². The molecule has 1 fully saturated rings. The molecular weight excluding hydrogens is 421 g/mol. The maximum absolute atomic E-state index is 12.0. The average molecular weight is 442 g/mol. The van der Waals surface area contributed by atoms with Crippen LogP contribution in [0.5, 0.6) is 0 Å². The minimum Gasteiger partial charge on any atom is -0.377 e. The minimum atomic E-state index is -0.464. The molecule has 5 nitrogen and oxygen atoms in total. The number of benzene rings is 2. The van der Waals surface area contributed by atoms with Gasteiger partial charge in [-0.25, -0.2) is 0 Å². The van der Waals surface area contributed by atoms with Gasteiger partial charge in [0.1, 0.15) is 11.4 Å². The van der Waals surface area contributed by atoms with Crippen LogP contribution in [0.15, 0.2) is 46.0 Å². The van der Waals surface area contributed by atoms with Crippen LogP contribution in [0.2, 0.25) is 10.0 Å². The molecule has 3 aromatic rings. The molecule has 1 heterocycles. The van der Waals surface area contributed by atoms with Gasteiger partial charge in [0.2, 0.25) is 0 Å². The fourth-order valence-electron chi connectivity index (χ4n) is 4.15. The van der Waals surface area contributed by atoms with Crippen molar-refractivity contribution in [3.8, 4) is 0 Å². The summed E-state index contributed by atoms with van der Waals surface area (Å²) in [5.41, 5.74) is 4.07. The summed E-state index contributed by atoms with van der Waals surface area (Å²) >= 11 is 12.7. The zero-order chi connectivity index (χ0) is 21.0. The molecule has 3 aromatic carbocycles. The van der Waals surface area contributed by atoms with Crippen molar-refractivity contribution in [2.45, 2.75) is 31.3 Å². The Morgan fingerprint density at radius 2 is 1.70 bits per heavy atom. The maximum atomic E-state index is 12.0. The second-order valence-electron chi connectivity index (χ2n) is 8.28. The van der Waals surface area contributed by atoms with E-state index in [0.717, 1.165) is 48.3 Å². The SMILES string of the molecule is CN1Cc2c(Cl)cc(Cl)cc2[C@H](c2ccc(Nc3c(NC4CC4)c(=O)c3=O)cc2)C1. The topological polar surface area (TPSA) is 61.4 Å². The number of nitrogens with one attached hydrogen (secondary N) is 2. The van der Waals surface area contributed by atoms with Crippen molar-refractivity contribution in [1.82, 2.24) is 4.90 Å². The van der Waals surface area contributed by atoms with Crippen LogP contribution in [0.3, 0.4) is 0 Å². The Balaban J connectivity index is 1.41. The molecule has 30 heavy (non-hydrogen) atoms. The Kier molecular flexibility index (Phi) is 4.85. The van der Waals surface area contributed by atoms with E-state index >= 15 is 0 Å². The van der Waals surface area contributed by atoms with Gasteiger partial charge < -0.3 is 15.5 Å². The highest BCUT2D eigenvalue weighted by Crippen LogP contribution is 2.38. The van der Waals surface area contributed by atoms with Crippen molar-refractivity contribution in [2.24, 2.45) is 0 Å². The van der Waals surface area contributed by atoms with Gasteiger partial charge in [0.25, 0.3) is 10.9 Å². The molecule has 1 atom stereocenters. The molecule has 0 amide bonds. The molecule has 0 bridgehead atoms. The van der Waals surface area contributed by atoms with E-state index in [1.165, 1.54) is 0 Å². The Morgan fingerprint density at radius 1 is 1.00 bits per heavy atom. The van der Waals surface area contributed by atoms with Gasteiger partial charge in [0, 0.05) is 40.8 Å². The van der Waals surface area contributed by atoms with Gasteiger partial charge in [-0.05, 0) is 60.8 Å². The lowest BCUT2D eigenvalue weighted by molar-refractivity contribution is 0.295. The summed E-state index contributed by atoms with van der Waals surface area (Å²) in [6, 6.07) is 12.1. The summed E-state index contributed by atoms with van der Waals surface area (Å²) in [5, 5.41) is 7.60. The van der Waals surface area contributed by atoms with Crippen LogP contribution in [0.1, 0.15) is 35.4 Å². The minimum absolute atomic E-state index is 0.155. The van der Waals surface area contributed by atoms with Crippen LogP contribution in [-0.4, -0.2) is 24.5 Å². The molecule has 1 aliphatic carbocycles. The van der Waals surface area contributed by atoms with Crippen LogP contribution in [0.25, 0.3) is 0 Å². The Labute approximate surface area is 184 Å². The first-order valence-corrected chi connectivity index (χ1v) is 10.8. The first-order chi connectivity index (χ1) is 14.4. The van der Waals surface area contributed by atoms with Gasteiger partial charge in [-0.1, -0.05) is 35.3 Å². The van der Waals surface area contributed by atoms with Gasteiger partial charge in [-0.3, -0.25) is 9.59 Å². The largest absolute Gasteiger partial charge is 0.377 e. The molecule has 2 aliphatic rings. The second-order valence-corrected chi connectivity index (χ2v) is 9.12. The Bertz CT molecular complexity index is 1190. The van der Waals surface area contributed by atoms with Crippen molar-refractivity contribution >= 4 is 40.3 Å². The van der Waals surface area contributed by atoms with E-state index in [2.05, 4.69) is 22.6 Å². The summed E-state index contributed by atoms with van der Waals surface area (Å²) in [4.78, 5) is 26.1. The van der Waals surface area contributed by atoms with E-state index in [1.54, 1.807) is 6.07 Å². The van der Waals surface area contributed by atoms with Gasteiger partial charge >= 0.3 is 0 Å². The predicted molar refractivity (Wildman–Crippen MR) is 122 cm³/mol. The number of halogens is 2. The van der Waals surface area contributed by atoms with Gasteiger partial charge in [0.15, 0.2) is 0 Å². The molecule has 1 aliphatic heterocycles. The summed E-state index contributed by atoms with van der Waals surface area (Å²) in [6.45, 7) is 1.66. The van der Waals surface area contributed by atoms with Gasteiger partial charge in [-0.2, -0.15) is 0 Å². The monoisotopic (exact) mass is 441 g/mol. The van der Waals surface area contributed by atoms with Crippen LogP contribution in [0, 0.1) is 0 Å². The smallest absolute Gasteiger partial charge is 0.253 e. The quantitative estimate of drug-likeness (QED) is 0.571. The molecule has 5 rings (SSSR count). The fraction of sp³-hybridized carbons (Fsp3) is 0.304. The van der Waals surface area contributed by atoms with Crippen LogP contribution in [0.4, 0.5) is 17.1 Å². The number of rotatable bonds is 5. The molecule has 0 radical (unpaired) electrons. The van der Waals surface area contributed by atoms with Crippen LogP contribution >= 0.6 is 23.2 Å². The third kappa shape index (κ3) is 3.51. The van der Waals surface area contributed by atoms with Gasteiger partial charge in [-0.15, -0.1) is 0 Å². The number of nitrogens with zero attached hydrogens (tertiary/aromatic N) is 1. The van der Waals surface area contributed by atoms with Crippen LogP contribution in [-0.2, 0) is 6.54 Å². The number of hydrogen-bond acceptors (Lipinski definition) is 5. The number of hydrogen-bond donors (Lipinski definition) is 2. The molecule has 0 spiro atoms. The molecular formula is C23H21Cl2N3O2. The molecule has 7 heteroatoms. The lowest BCUT2D eigenvalue weighted by atomic mass is 9.84. The van der Waals surface area contributed by atoms with Crippen molar-refractivity contribution in [3.05, 3.63) is 83.6 Å². The highest BCUT2D eigenvalue weighted by molar-refractivity contribution is 6.35. The van der Waals surface area contributed by atoms with E-state index < -0.39 is 10.9 Å². The Hall–Kier alpha value is -2.34. The van der Waals surface area contributed by atoms with Crippen molar-refractivity contribution in [3.63, 3.8) is 0 Å². The highest BCUT2D eigenvalue weighted by Gasteiger charge is 2.29. The fourth-order valence-corrected chi connectivity index (χ4v) is 4.72. The van der Waals surface area contributed by atoms with E-state index in [1.807, 2.05) is 30.3 Å². The molecule has 2 N–H and O–H groups in total. The molecule has 0 saturated heterocycles. The van der Waals surface area contributed by atoms with E-state index in [9.17, 15) is 9.59 Å². The number of fused-ring (bicyclic) bond motifs is 1. The van der Waals surface area contributed by atoms with Crippen LogP contribution < -0.4 is 21.5 Å². The van der Waals surface area contributed by atoms with Crippen molar-refractivity contribution in [1.29, 1.82) is 0 Å². The summed E-state index contributed by atoms with van der Waals surface area (Å²) < 4.78 is 0. The standard InChI is InChI=1S/C23H21Cl2N3O2/c1-28-10-17(16-8-13(24)9-19(25)18(16)11-28)12-2-4-14(5-3-12)26-20-21(23(30)22(20)29)27-15-6-7-15/h2-5,8-9,15,17,26-27H,6-7,10-11H2,1H3/t17-/m0/s1. The zero-order valence-corrected chi connectivity index (χ0v) is 18.0. The number of anilines is 3. The molecule has 1 saturated carbocycles. The summed E-state index contributed by atoms with van der Waals surface area (Å²) in [5.74, 6) is 0.155. The lowest BCUT2D eigenvalue weighted by Gasteiger charge is -2.33. The summed E-state index contributed by atoms with van der Waals surface area (Å²) in [6.07, 6.45) is 2.08. The first kappa shape index (κ1) is 19.6. The third-order valence-corrected chi connectivity index (χ3v) is 6.47. The predicted octanol–water partition coefficient (Wildman–Crippen LogP) is 4.48. The summed E-state index contributed by atoms with van der Waals surface area (Å²) in [7, 11) is 2.08. The third-order valence-electron chi connectivity index (χ3n) is 5.91. The molecule has 154 valence electrons. The normalized spacial score (nSPS) is 19.0. The van der Waals surface area contributed by atoms with E-state index in [-0.39, 0.29) is 5.92 Å². The highest BCUT2D eigenvalue weighted by atomic mass is 35.5. The maximum Gasteiger partial charge on any atom is 0.253 e. The van der Waals surface area contributed by atoms with E-state index in [4.69, 9.17) is 23.2 Å². The number of likely N-dealkylation sites (N-methyl/N-ethyl adjacent to an activating group) is 1.